The van der Waals surface area contributed by atoms with Crippen LogP contribution in [0.25, 0.3) is 20.9 Å². The molecule has 0 bridgehead atoms. The molecule has 9 heteroatoms. The molecular formula is C7H4N6O3. The molecule has 0 aliphatic carbocycles. The van der Waals surface area contributed by atoms with Gasteiger partial charge in [0.15, 0.2) is 0 Å². The highest BCUT2D eigenvalue weighted by Gasteiger charge is 2.14. The van der Waals surface area contributed by atoms with Crippen LogP contribution in [-0.2, 0) is 11.2 Å². The van der Waals surface area contributed by atoms with Crippen molar-refractivity contribution in [3.05, 3.63) is 44.5 Å². The van der Waals surface area contributed by atoms with E-state index in [-0.39, 0.29) is 17.5 Å². The minimum Gasteiger partial charge on any atom is -0.472 e. The number of furan rings is 1. The van der Waals surface area contributed by atoms with Gasteiger partial charge in [-0.15, -0.1) is 0 Å². The molecule has 9 nitrogen and oxygen atoms in total. The normalized spacial score (nSPS) is 8.75. The fourth-order valence-corrected chi connectivity index (χ4v) is 0.991. The number of rotatable bonds is 3. The number of hydrogen-bond acceptors (Lipinski definition) is 3. The molecule has 0 aliphatic rings. The van der Waals surface area contributed by atoms with E-state index in [1.54, 1.807) is 0 Å². The summed E-state index contributed by atoms with van der Waals surface area (Å²) in [5.41, 5.74) is 16.2. The maximum Gasteiger partial charge on any atom is 0.252 e. The van der Waals surface area contributed by atoms with Gasteiger partial charge >= 0.3 is 0 Å². The summed E-state index contributed by atoms with van der Waals surface area (Å²) in [5.74, 6) is -1.63. The van der Waals surface area contributed by atoms with Crippen LogP contribution in [-0.4, -0.2) is 11.8 Å². The quantitative estimate of drug-likeness (QED) is 0.436. The summed E-state index contributed by atoms with van der Waals surface area (Å²) in [7, 11) is 0. The molecule has 0 saturated heterocycles. The third-order valence-corrected chi connectivity index (χ3v) is 1.61. The number of nitrogens with zero attached hydrogens (tertiary/aromatic N) is 6. The van der Waals surface area contributed by atoms with Crippen molar-refractivity contribution in [3.8, 4) is 0 Å². The van der Waals surface area contributed by atoms with E-state index in [2.05, 4.69) is 20.1 Å². The standard InChI is InChI=1S/C7H4N6O3/c8-12-10-6(14)1-4-2-16-3-5(4)7(15)11-13-9/h2-3H,1H2. The topological polar surface area (TPSA) is 145 Å². The summed E-state index contributed by atoms with van der Waals surface area (Å²) in [6.45, 7) is 0. The Hall–Kier alpha value is -2.76. The van der Waals surface area contributed by atoms with E-state index in [9.17, 15) is 9.59 Å². The molecule has 0 aromatic carbocycles. The van der Waals surface area contributed by atoms with Crippen molar-refractivity contribution < 1.29 is 14.0 Å². The number of carbonyl (C=O) groups excluding carboxylic acids is 2. The van der Waals surface area contributed by atoms with Crippen LogP contribution in [0.15, 0.2) is 27.2 Å². The van der Waals surface area contributed by atoms with Crippen molar-refractivity contribution in [2.75, 3.05) is 0 Å². The lowest BCUT2D eigenvalue weighted by Crippen LogP contribution is -2.02. The molecule has 80 valence electrons. The zero-order valence-electron chi connectivity index (χ0n) is 7.77. The second-order valence-electron chi connectivity index (χ2n) is 2.57. The molecule has 0 spiro atoms. The van der Waals surface area contributed by atoms with E-state index in [0.717, 1.165) is 12.5 Å². The van der Waals surface area contributed by atoms with Crippen molar-refractivity contribution in [2.24, 2.45) is 10.2 Å². The molecular weight excluding hydrogens is 216 g/mol. The molecule has 16 heavy (non-hydrogen) atoms. The first-order chi connectivity index (χ1) is 7.69. The molecule has 0 aliphatic heterocycles. The molecule has 1 aromatic rings. The summed E-state index contributed by atoms with van der Waals surface area (Å²) in [5, 5.41) is 5.68. The lowest BCUT2D eigenvalue weighted by molar-refractivity contribution is -0.117. The smallest absolute Gasteiger partial charge is 0.252 e. The van der Waals surface area contributed by atoms with Crippen molar-refractivity contribution in [1.82, 2.24) is 0 Å². The van der Waals surface area contributed by atoms with E-state index >= 15 is 0 Å². The van der Waals surface area contributed by atoms with E-state index < -0.39 is 11.8 Å². The van der Waals surface area contributed by atoms with Gasteiger partial charge in [0, 0.05) is 21.8 Å². The molecule has 0 radical (unpaired) electrons. The van der Waals surface area contributed by atoms with Crippen molar-refractivity contribution >= 4 is 11.8 Å². The van der Waals surface area contributed by atoms with Crippen molar-refractivity contribution in [1.29, 1.82) is 0 Å². The summed E-state index contributed by atoms with van der Waals surface area (Å²) in [4.78, 5) is 26.8. The van der Waals surface area contributed by atoms with Crippen LogP contribution in [0.5, 0.6) is 0 Å². The van der Waals surface area contributed by atoms with E-state index in [0.29, 0.717) is 0 Å². The second-order valence-corrected chi connectivity index (χ2v) is 2.57. The molecule has 0 atom stereocenters. The van der Waals surface area contributed by atoms with Crippen LogP contribution in [0.1, 0.15) is 15.9 Å². The van der Waals surface area contributed by atoms with Gasteiger partial charge in [-0.25, -0.2) is 0 Å². The third-order valence-electron chi connectivity index (χ3n) is 1.61. The lowest BCUT2D eigenvalue weighted by Gasteiger charge is -1.93. The number of azide groups is 2. The van der Waals surface area contributed by atoms with Gasteiger partial charge in [0.2, 0.25) is 5.91 Å². The minimum atomic E-state index is -0.861. The van der Waals surface area contributed by atoms with Crippen LogP contribution in [0.2, 0.25) is 0 Å². The van der Waals surface area contributed by atoms with Gasteiger partial charge in [0.05, 0.1) is 11.8 Å². The average molecular weight is 220 g/mol. The summed E-state index contributed by atoms with van der Waals surface area (Å²) < 4.78 is 4.70. The number of hydrogen-bond donors (Lipinski definition) is 0. The monoisotopic (exact) mass is 220 g/mol. The third kappa shape index (κ3) is 2.61. The van der Waals surface area contributed by atoms with Gasteiger partial charge in [0.25, 0.3) is 5.91 Å². The van der Waals surface area contributed by atoms with Gasteiger partial charge in [-0.1, -0.05) is 0 Å². The lowest BCUT2D eigenvalue weighted by atomic mass is 10.1. The molecule has 0 fully saturated rings. The van der Waals surface area contributed by atoms with Crippen molar-refractivity contribution in [3.63, 3.8) is 0 Å². The van der Waals surface area contributed by atoms with Crippen LogP contribution in [0.3, 0.4) is 0 Å². The van der Waals surface area contributed by atoms with E-state index in [1.807, 2.05) is 0 Å². The molecule has 0 N–H and O–H groups in total. The SMILES string of the molecule is [N-]=[N+]=NC(=O)Cc1cocc1C(=O)N=[N+]=[N-]. The maximum atomic E-state index is 11.2. The largest absolute Gasteiger partial charge is 0.472 e. The Morgan fingerprint density at radius 1 is 1.25 bits per heavy atom. The fourth-order valence-electron chi connectivity index (χ4n) is 0.991. The van der Waals surface area contributed by atoms with Crippen LogP contribution < -0.4 is 0 Å². The van der Waals surface area contributed by atoms with Gasteiger partial charge < -0.3 is 4.42 Å². The summed E-state index contributed by atoms with van der Waals surface area (Å²) in [6.07, 6.45) is 1.91. The first-order valence-electron chi connectivity index (χ1n) is 3.91. The Bertz CT molecular complexity index is 520. The zero-order valence-corrected chi connectivity index (χ0v) is 7.77. The Morgan fingerprint density at radius 3 is 2.56 bits per heavy atom. The summed E-state index contributed by atoms with van der Waals surface area (Å²) >= 11 is 0. The molecule has 1 heterocycles. The average Bonchev–Trinajstić information content (AvgIpc) is 2.66. The van der Waals surface area contributed by atoms with Crippen LogP contribution >= 0.6 is 0 Å². The first-order valence-corrected chi connectivity index (χ1v) is 3.91. The Kier molecular flexibility index (Phi) is 3.68. The highest BCUT2D eigenvalue weighted by molar-refractivity contribution is 5.97. The second kappa shape index (κ2) is 5.20. The van der Waals surface area contributed by atoms with Gasteiger partial charge in [-0.2, -0.15) is 0 Å². The molecule has 0 unspecified atom stereocenters. The van der Waals surface area contributed by atoms with E-state index in [1.165, 1.54) is 0 Å². The molecule has 1 rings (SSSR count). The Labute approximate surface area is 87.9 Å². The van der Waals surface area contributed by atoms with Gasteiger partial charge in [0.1, 0.15) is 6.26 Å². The van der Waals surface area contributed by atoms with Gasteiger partial charge in [-0.05, 0) is 21.3 Å². The maximum absolute atomic E-state index is 11.2. The van der Waals surface area contributed by atoms with Crippen LogP contribution in [0, 0.1) is 0 Å². The highest BCUT2D eigenvalue weighted by atomic mass is 16.3. The fraction of sp³-hybridized carbons (Fsp3) is 0.143. The molecule has 1 aromatic heterocycles. The molecule has 0 saturated carbocycles. The predicted molar refractivity (Wildman–Crippen MR) is 50.0 cm³/mol. The number of carbonyl (C=O) groups is 2. The van der Waals surface area contributed by atoms with Crippen molar-refractivity contribution in [2.45, 2.75) is 6.42 Å². The zero-order chi connectivity index (χ0) is 12.0. The Balaban J connectivity index is 2.94. The molecule has 2 amide bonds. The highest BCUT2D eigenvalue weighted by Crippen LogP contribution is 2.13. The van der Waals surface area contributed by atoms with Gasteiger partial charge in [-0.3, -0.25) is 9.59 Å². The van der Waals surface area contributed by atoms with Crippen LogP contribution in [0.4, 0.5) is 0 Å². The van der Waals surface area contributed by atoms with E-state index in [4.69, 9.17) is 15.5 Å². The predicted octanol–water partition coefficient (Wildman–Crippen LogP) is 2.11. The summed E-state index contributed by atoms with van der Waals surface area (Å²) in [6, 6.07) is 0. The number of amides is 2. The first kappa shape index (κ1) is 11.3. The minimum absolute atomic E-state index is 0.0284. The Morgan fingerprint density at radius 2 is 1.94 bits per heavy atom.